The van der Waals surface area contributed by atoms with Gasteiger partial charge < -0.3 is 4.90 Å². The number of halogens is 1. The van der Waals surface area contributed by atoms with Crippen LogP contribution in [0.15, 0.2) is 32.3 Å². The molecule has 124 valence electrons. The highest BCUT2D eigenvalue weighted by Gasteiger charge is 2.31. The van der Waals surface area contributed by atoms with E-state index in [1.54, 1.807) is 17.0 Å². The molecule has 0 unspecified atom stereocenters. The average Bonchev–Trinajstić information content (AvgIpc) is 3.15. The summed E-state index contributed by atoms with van der Waals surface area (Å²) in [7, 11) is -3.46. The second-order valence-electron chi connectivity index (χ2n) is 5.17. The summed E-state index contributed by atoms with van der Waals surface area (Å²) in [5.41, 5.74) is 0. The van der Waals surface area contributed by atoms with Crippen LogP contribution in [0.3, 0.4) is 0 Å². The minimum Gasteiger partial charge on any atom is -0.335 e. The Morgan fingerprint density at radius 1 is 1.09 bits per heavy atom. The molecule has 23 heavy (non-hydrogen) atoms. The zero-order valence-corrected chi connectivity index (χ0v) is 16.4. The monoisotopic (exact) mass is 434 g/mol. The molecule has 0 N–H and O–H groups in total. The van der Waals surface area contributed by atoms with Gasteiger partial charge in [-0.1, -0.05) is 0 Å². The van der Waals surface area contributed by atoms with E-state index in [0.29, 0.717) is 35.3 Å². The molecule has 1 aliphatic rings. The fourth-order valence-corrected chi connectivity index (χ4v) is 6.82. The van der Waals surface area contributed by atoms with Crippen molar-refractivity contribution in [3.05, 3.63) is 37.8 Å². The Balaban J connectivity index is 1.67. The number of carbonyl (C=O) groups is 1. The Morgan fingerprint density at radius 2 is 1.78 bits per heavy atom. The van der Waals surface area contributed by atoms with Gasteiger partial charge in [0.25, 0.3) is 15.9 Å². The first kappa shape index (κ1) is 17.1. The summed E-state index contributed by atoms with van der Waals surface area (Å²) in [5.74, 6) is -0.0148. The lowest BCUT2D eigenvalue weighted by atomic mass is 10.3. The second kappa shape index (κ2) is 6.64. The number of hydrogen-bond acceptors (Lipinski definition) is 5. The third kappa shape index (κ3) is 3.53. The van der Waals surface area contributed by atoms with Crippen LogP contribution in [-0.4, -0.2) is 49.7 Å². The van der Waals surface area contributed by atoms with E-state index in [0.717, 1.165) is 8.66 Å². The predicted molar refractivity (Wildman–Crippen MR) is 95.7 cm³/mol. The van der Waals surface area contributed by atoms with E-state index in [-0.39, 0.29) is 5.91 Å². The topological polar surface area (TPSA) is 57.7 Å². The summed E-state index contributed by atoms with van der Waals surface area (Å²) in [6.07, 6.45) is 0. The van der Waals surface area contributed by atoms with Crippen LogP contribution in [0.25, 0.3) is 0 Å². The molecular formula is C14H15BrN2O3S3. The zero-order chi connectivity index (χ0) is 16.6. The smallest absolute Gasteiger partial charge is 0.264 e. The van der Waals surface area contributed by atoms with Gasteiger partial charge in [0, 0.05) is 31.1 Å². The standard InChI is InChI=1S/C14H15BrN2O3S3/c1-10-2-3-11(21-10)14(18)16-6-8-17(9-7-16)23(19,20)13-5-4-12(15)22-13/h2-5H,6-9H2,1H3. The summed E-state index contributed by atoms with van der Waals surface area (Å²) in [4.78, 5) is 15.9. The summed E-state index contributed by atoms with van der Waals surface area (Å²) in [6.45, 7) is 3.45. The van der Waals surface area contributed by atoms with Crippen LogP contribution in [0.4, 0.5) is 0 Å². The highest BCUT2D eigenvalue weighted by molar-refractivity contribution is 9.11. The van der Waals surface area contributed by atoms with Crippen molar-refractivity contribution in [2.75, 3.05) is 26.2 Å². The number of aryl methyl sites for hydroxylation is 1. The Labute approximate surface area is 151 Å². The van der Waals surface area contributed by atoms with Crippen LogP contribution in [0.1, 0.15) is 14.5 Å². The van der Waals surface area contributed by atoms with Crippen molar-refractivity contribution in [3.63, 3.8) is 0 Å². The summed E-state index contributed by atoms with van der Waals surface area (Å²) >= 11 is 5.96. The van der Waals surface area contributed by atoms with E-state index in [2.05, 4.69) is 15.9 Å². The fourth-order valence-electron chi connectivity index (χ4n) is 2.40. The molecule has 9 heteroatoms. The van der Waals surface area contributed by atoms with Crippen molar-refractivity contribution in [2.45, 2.75) is 11.1 Å². The summed E-state index contributed by atoms with van der Waals surface area (Å²) in [6, 6.07) is 7.09. The van der Waals surface area contributed by atoms with Crippen LogP contribution in [-0.2, 0) is 10.0 Å². The van der Waals surface area contributed by atoms with Crippen molar-refractivity contribution in [1.29, 1.82) is 0 Å². The molecule has 0 saturated carbocycles. The number of sulfonamides is 1. The van der Waals surface area contributed by atoms with E-state index < -0.39 is 10.0 Å². The quantitative estimate of drug-likeness (QED) is 0.745. The first-order valence-electron chi connectivity index (χ1n) is 6.99. The number of piperazine rings is 1. The van der Waals surface area contributed by atoms with Crippen molar-refractivity contribution >= 4 is 54.5 Å². The molecule has 0 radical (unpaired) electrons. The fraction of sp³-hybridized carbons (Fsp3) is 0.357. The van der Waals surface area contributed by atoms with Gasteiger partial charge in [-0.15, -0.1) is 22.7 Å². The number of rotatable bonds is 3. The molecule has 1 fully saturated rings. The van der Waals surface area contributed by atoms with Crippen molar-refractivity contribution < 1.29 is 13.2 Å². The van der Waals surface area contributed by atoms with Crippen molar-refractivity contribution in [2.24, 2.45) is 0 Å². The number of thiophene rings is 2. The molecule has 1 saturated heterocycles. The van der Waals surface area contributed by atoms with Crippen LogP contribution >= 0.6 is 38.6 Å². The molecule has 2 aromatic rings. The molecule has 0 spiro atoms. The highest BCUT2D eigenvalue weighted by Crippen LogP contribution is 2.29. The van der Waals surface area contributed by atoms with Gasteiger partial charge in [0.05, 0.1) is 8.66 Å². The minimum atomic E-state index is -3.46. The Hall–Kier alpha value is -0.740. The van der Waals surface area contributed by atoms with Gasteiger partial charge in [0.2, 0.25) is 0 Å². The molecule has 1 aliphatic heterocycles. The van der Waals surface area contributed by atoms with Crippen LogP contribution in [0.2, 0.25) is 0 Å². The van der Waals surface area contributed by atoms with Gasteiger partial charge >= 0.3 is 0 Å². The van der Waals surface area contributed by atoms with Gasteiger partial charge in [-0.25, -0.2) is 8.42 Å². The molecule has 3 heterocycles. The van der Waals surface area contributed by atoms with Gasteiger partial charge in [-0.05, 0) is 47.1 Å². The number of nitrogens with zero attached hydrogens (tertiary/aromatic N) is 2. The predicted octanol–water partition coefficient (Wildman–Crippen LogP) is 3.03. The van der Waals surface area contributed by atoms with E-state index in [4.69, 9.17) is 0 Å². The van der Waals surface area contributed by atoms with E-state index >= 15 is 0 Å². The molecule has 5 nitrogen and oxygen atoms in total. The summed E-state index contributed by atoms with van der Waals surface area (Å²) in [5, 5.41) is 0. The molecule has 1 amide bonds. The number of carbonyl (C=O) groups excluding carboxylic acids is 1. The lowest BCUT2D eigenvalue weighted by molar-refractivity contribution is 0.0703. The third-order valence-corrected chi connectivity index (χ3v) is 8.60. The van der Waals surface area contributed by atoms with Crippen LogP contribution in [0, 0.1) is 6.92 Å². The average molecular weight is 435 g/mol. The molecular weight excluding hydrogens is 420 g/mol. The maximum absolute atomic E-state index is 12.6. The van der Waals surface area contributed by atoms with Gasteiger partial charge in [0.1, 0.15) is 4.21 Å². The lowest BCUT2D eigenvalue weighted by Gasteiger charge is -2.33. The summed E-state index contributed by atoms with van der Waals surface area (Å²) < 4.78 is 27.7. The van der Waals surface area contributed by atoms with E-state index in [1.165, 1.54) is 27.0 Å². The van der Waals surface area contributed by atoms with Gasteiger partial charge in [-0.3, -0.25) is 4.79 Å². The number of hydrogen-bond donors (Lipinski definition) is 0. The lowest BCUT2D eigenvalue weighted by Crippen LogP contribution is -2.50. The van der Waals surface area contributed by atoms with Gasteiger partial charge in [-0.2, -0.15) is 4.31 Å². The Kier molecular flexibility index (Phi) is 4.93. The van der Waals surface area contributed by atoms with Crippen molar-refractivity contribution in [3.8, 4) is 0 Å². The van der Waals surface area contributed by atoms with E-state index in [9.17, 15) is 13.2 Å². The normalized spacial score (nSPS) is 16.7. The Morgan fingerprint density at radius 3 is 2.30 bits per heavy atom. The van der Waals surface area contributed by atoms with Gasteiger partial charge in [0.15, 0.2) is 0 Å². The van der Waals surface area contributed by atoms with Crippen molar-refractivity contribution in [1.82, 2.24) is 9.21 Å². The van der Waals surface area contributed by atoms with Crippen LogP contribution < -0.4 is 0 Å². The molecule has 0 aliphatic carbocycles. The molecule has 0 aromatic carbocycles. The highest BCUT2D eigenvalue weighted by atomic mass is 79.9. The maximum Gasteiger partial charge on any atom is 0.264 e. The molecule has 0 bridgehead atoms. The first-order valence-corrected chi connectivity index (χ1v) is 10.9. The third-order valence-electron chi connectivity index (χ3n) is 3.62. The molecule has 3 rings (SSSR count). The largest absolute Gasteiger partial charge is 0.335 e. The van der Waals surface area contributed by atoms with E-state index in [1.807, 2.05) is 19.1 Å². The Bertz CT molecular complexity index is 820. The molecule has 2 aromatic heterocycles. The maximum atomic E-state index is 12.6. The SMILES string of the molecule is Cc1ccc(C(=O)N2CCN(S(=O)(=O)c3ccc(Br)s3)CC2)s1. The molecule has 0 atom stereocenters. The minimum absolute atomic E-state index is 0.0148. The first-order chi connectivity index (χ1) is 10.9. The second-order valence-corrected chi connectivity index (χ2v) is 11.1. The zero-order valence-electron chi connectivity index (χ0n) is 12.4. The number of amides is 1. The van der Waals surface area contributed by atoms with Crippen LogP contribution in [0.5, 0.6) is 0 Å².